The topological polar surface area (TPSA) is 66.7 Å². The Morgan fingerprint density at radius 1 is 1.42 bits per heavy atom. The molecule has 0 aromatic carbocycles. The number of hydrogen-bond acceptors (Lipinski definition) is 3. The molecule has 4 nitrogen and oxygen atoms in total. The number of imidazole rings is 1. The lowest BCUT2D eigenvalue weighted by molar-refractivity contribution is 0.631. The molecule has 1 aromatic rings. The minimum atomic E-state index is -0.00421. The molecule has 0 bridgehead atoms. The molecule has 1 heterocycles. The van der Waals surface area contributed by atoms with Crippen LogP contribution in [0.2, 0.25) is 0 Å². The van der Waals surface area contributed by atoms with Crippen molar-refractivity contribution in [1.82, 2.24) is 9.97 Å². The van der Waals surface area contributed by atoms with Crippen LogP contribution in [-0.2, 0) is 0 Å². The van der Waals surface area contributed by atoms with Gasteiger partial charge in [0, 0.05) is 5.54 Å². The van der Waals surface area contributed by atoms with Gasteiger partial charge in [0.2, 0.25) is 0 Å². The van der Waals surface area contributed by atoms with Crippen molar-refractivity contribution in [2.45, 2.75) is 33.2 Å². The van der Waals surface area contributed by atoms with Crippen LogP contribution in [0.15, 0.2) is 0 Å². The lowest BCUT2D eigenvalue weighted by Crippen LogP contribution is -2.26. The highest BCUT2D eigenvalue weighted by Crippen LogP contribution is 2.18. The molecule has 0 saturated heterocycles. The van der Waals surface area contributed by atoms with Crippen LogP contribution in [0.1, 0.15) is 26.6 Å². The minimum absolute atomic E-state index is 0.00421. The van der Waals surface area contributed by atoms with Gasteiger partial charge in [0.15, 0.2) is 5.82 Å². The van der Waals surface area contributed by atoms with Gasteiger partial charge < -0.3 is 16.0 Å². The Balaban J connectivity index is 2.82. The van der Waals surface area contributed by atoms with Gasteiger partial charge in [-0.05, 0) is 27.7 Å². The summed E-state index contributed by atoms with van der Waals surface area (Å²) in [6.45, 7) is 8.08. The summed E-state index contributed by atoms with van der Waals surface area (Å²) in [5.41, 5.74) is 5.66. The molecule has 0 aliphatic rings. The van der Waals surface area contributed by atoms with Crippen LogP contribution in [-0.4, -0.2) is 15.5 Å². The highest BCUT2D eigenvalue weighted by Gasteiger charge is 2.13. The van der Waals surface area contributed by atoms with Gasteiger partial charge in [-0.3, -0.25) is 0 Å². The van der Waals surface area contributed by atoms with E-state index in [-0.39, 0.29) is 5.54 Å². The molecule has 0 spiro atoms. The van der Waals surface area contributed by atoms with Gasteiger partial charge in [-0.15, -0.1) is 0 Å². The van der Waals surface area contributed by atoms with Gasteiger partial charge in [0.25, 0.3) is 0 Å². The third-order valence-electron chi connectivity index (χ3n) is 1.34. The Kier molecular flexibility index (Phi) is 2.00. The van der Waals surface area contributed by atoms with Crippen molar-refractivity contribution >= 4 is 11.6 Å². The van der Waals surface area contributed by atoms with E-state index in [1.54, 1.807) is 0 Å². The summed E-state index contributed by atoms with van der Waals surface area (Å²) in [6.07, 6.45) is 0. The summed E-state index contributed by atoms with van der Waals surface area (Å²) in [6, 6.07) is 0. The maximum absolute atomic E-state index is 5.67. The first-order valence-electron chi connectivity index (χ1n) is 3.99. The number of anilines is 2. The fourth-order valence-electron chi connectivity index (χ4n) is 0.960. The van der Waals surface area contributed by atoms with Crippen LogP contribution in [0, 0.1) is 6.92 Å². The summed E-state index contributed by atoms with van der Waals surface area (Å²) in [5, 5.41) is 3.20. The molecule has 0 atom stereocenters. The van der Waals surface area contributed by atoms with E-state index in [0.29, 0.717) is 5.82 Å². The van der Waals surface area contributed by atoms with Gasteiger partial charge in [-0.1, -0.05) is 0 Å². The van der Waals surface area contributed by atoms with E-state index in [1.807, 2.05) is 6.92 Å². The molecular weight excluding hydrogens is 152 g/mol. The third kappa shape index (κ3) is 2.15. The lowest BCUT2D eigenvalue weighted by Gasteiger charge is -2.20. The highest BCUT2D eigenvalue weighted by atomic mass is 15.1. The van der Waals surface area contributed by atoms with E-state index >= 15 is 0 Å². The average molecular weight is 168 g/mol. The average Bonchev–Trinajstić information content (AvgIpc) is 2.06. The number of aromatic nitrogens is 2. The minimum Gasteiger partial charge on any atom is -0.382 e. The number of H-pyrrole nitrogens is 1. The van der Waals surface area contributed by atoms with E-state index in [1.165, 1.54) is 0 Å². The third-order valence-corrected chi connectivity index (χ3v) is 1.34. The Morgan fingerprint density at radius 2 is 2.00 bits per heavy atom. The maximum Gasteiger partial charge on any atom is 0.169 e. The Morgan fingerprint density at radius 3 is 2.33 bits per heavy atom. The quantitative estimate of drug-likeness (QED) is 0.595. The van der Waals surface area contributed by atoms with Gasteiger partial charge in [0.05, 0.1) is 0 Å². The summed E-state index contributed by atoms with van der Waals surface area (Å²) in [7, 11) is 0. The van der Waals surface area contributed by atoms with Crippen molar-refractivity contribution in [1.29, 1.82) is 0 Å². The van der Waals surface area contributed by atoms with Crippen molar-refractivity contribution in [2.24, 2.45) is 0 Å². The monoisotopic (exact) mass is 168 g/mol. The Bertz CT molecular complexity index is 269. The van der Waals surface area contributed by atoms with Crippen molar-refractivity contribution in [2.75, 3.05) is 11.1 Å². The van der Waals surface area contributed by atoms with E-state index in [2.05, 4.69) is 36.1 Å². The molecule has 68 valence electrons. The first-order valence-corrected chi connectivity index (χ1v) is 3.99. The molecule has 1 rings (SSSR count). The number of nitrogen functional groups attached to an aromatic ring is 1. The van der Waals surface area contributed by atoms with Crippen molar-refractivity contribution < 1.29 is 0 Å². The molecule has 1 aromatic heterocycles. The number of nitrogens with zero attached hydrogens (tertiary/aromatic N) is 1. The first kappa shape index (κ1) is 8.90. The zero-order valence-corrected chi connectivity index (χ0v) is 8.02. The SMILES string of the molecule is Cc1nc(NC(C)(C)C)c(N)[nH]1. The van der Waals surface area contributed by atoms with Gasteiger partial charge in [-0.25, -0.2) is 4.98 Å². The zero-order valence-electron chi connectivity index (χ0n) is 8.02. The van der Waals surface area contributed by atoms with Crippen LogP contribution in [0.25, 0.3) is 0 Å². The molecule has 12 heavy (non-hydrogen) atoms. The second-order valence-corrected chi connectivity index (χ2v) is 3.96. The van der Waals surface area contributed by atoms with Crippen molar-refractivity contribution in [3.63, 3.8) is 0 Å². The predicted molar refractivity (Wildman–Crippen MR) is 51.1 cm³/mol. The number of nitrogens with two attached hydrogens (primary N) is 1. The molecule has 0 amide bonds. The zero-order chi connectivity index (χ0) is 9.35. The standard InChI is InChI=1S/C8H16N4/c1-5-10-6(9)7(11-5)12-8(2,3)4/h12H,9H2,1-4H3,(H,10,11). The fraction of sp³-hybridized carbons (Fsp3) is 0.625. The Labute approximate surface area is 72.6 Å². The van der Waals surface area contributed by atoms with Crippen LogP contribution in [0.4, 0.5) is 11.6 Å². The molecule has 4 heteroatoms. The molecule has 4 N–H and O–H groups in total. The lowest BCUT2D eigenvalue weighted by atomic mass is 10.1. The summed E-state index contributed by atoms with van der Waals surface area (Å²) in [5.74, 6) is 2.17. The Hall–Kier alpha value is -1.19. The van der Waals surface area contributed by atoms with E-state index in [9.17, 15) is 0 Å². The van der Waals surface area contributed by atoms with E-state index < -0.39 is 0 Å². The summed E-state index contributed by atoms with van der Waals surface area (Å²) < 4.78 is 0. The molecule has 0 fully saturated rings. The highest BCUT2D eigenvalue weighted by molar-refractivity contribution is 5.57. The maximum atomic E-state index is 5.67. The smallest absolute Gasteiger partial charge is 0.169 e. The predicted octanol–water partition coefficient (Wildman–Crippen LogP) is 1.51. The summed E-state index contributed by atoms with van der Waals surface area (Å²) in [4.78, 5) is 7.14. The number of aryl methyl sites for hydroxylation is 1. The number of nitrogens with one attached hydrogen (secondary N) is 2. The van der Waals surface area contributed by atoms with Gasteiger partial charge >= 0.3 is 0 Å². The second kappa shape index (κ2) is 2.69. The van der Waals surface area contributed by atoms with E-state index in [4.69, 9.17) is 5.73 Å². The largest absolute Gasteiger partial charge is 0.382 e. The van der Waals surface area contributed by atoms with Crippen molar-refractivity contribution in [3.8, 4) is 0 Å². The summed E-state index contributed by atoms with van der Waals surface area (Å²) >= 11 is 0. The van der Waals surface area contributed by atoms with Crippen LogP contribution < -0.4 is 11.1 Å². The molecule has 0 unspecified atom stereocenters. The number of hydrogen-bond donors (Lipinski definition) is 3. The first-order chi connectivity index (χ1) is 5.38. The second-order valence-electron chi connectivity index (χ2n) is 3.96. The molecular formula is C8H16N4. The van der Waals surface area contributed by atoms with Crippen molar-refractivity contribution in [3.05, 3.63) is 5.82 Å². The number of rotatable bonds is 1. The van der Waals surface area contributed by atoms with E-state index in [0.717, 1.165) is 11.6 Å². The van der Waals surface area contributed by atoms with Gasteiger partial charge in [-0.2, -0.15) is 0 Å². The molecule has 0 aliphatic heterocycles. The molecule has 0 aliphatic carbocycles. The molecule has 0 radical (unpaired) electrons. The van der Waals surface area contributed by atoms with Crippen LogP contribution in [0.3, 0.4) is 0 Å². The van der Waals surface area contributed by atoms with Crippen LogP contribution in [0.5, 0.6) is 0 Å². The van der Waals surface area contributed by atoms with Gasteiger partial charge in [0.1, 0.15) is 11.6 Å². The normalized spacial score (nSPS) is 11.7. The van der Waals surface area contributed by atoms with Crippen LogP contribution >= 0.6 is 0 Å². The molecule has 0 saturated carbocycles. The number of aromatic amines is 1. The fourth-order valence-corrected chi connectivity index (χ4v) is 0.960.